The van der Waals surface area contributed by atoms with Crippen LogP contribution in [-0.2, 0) is 4.79 Å². The molecule has 7 nitrogen and oxygen atoms in total. The zero-order valence-electron chi connectivity index (χ0n) is 8.24. The lowest BCUT2D eigenvalue weighted by Gasteiger charge is -1.96. The summed E-state index contributed by atoms with van der Waals surface area (Å²) in [6.07, 6.45) is 4.76. The highest BCUT2D eigenvalue weighted by atomic mass is 32.1. The van der Waals surface area contributed by atoms with Gasteiger partial charge in [0.15, 0.2) is 5.65 Å². The number of nitrogens with zero attached hydrogens (tertiary/aromatic N) is 3. The number of carboxylic acid groups (broad SMARTS) is 1. The fourth-order valence-corrected chi connectivity index (χ4v) is 0.925. The first-order valence-electron chi connectivity index (χ1n) is 4.33. The lowest BCUT2D eigenvalue weighted by molar-refractivity contribution is -0.137. The van der Waals surface area contributed by atoms with Crippen molar-refractivity contribution in [2.24, 2.45) is 5.73 Å². The number of rotatable bonds is 2. The lowest BCUT2D eigenvalue weighted by atomic mass is 10.4. The smallest absolute Gasteiger partial charge is 0.321 e. The quantitative estimate of drug-likeness (QED) is 0.535. The molecule has 1 atom stereocenters. The van der Waals surface area contributed by atoms with Crippen LogP contribution in [0.25, 0.3) is 11.2 Å². The van der Waals surface area contributed by atoms with E-state index in [1.54, 1.807) is 12.5 Å². The average Bonchev–Trinajstić information content (AvgIpc) is 2.76. The van der Waals surface area contributed by atoms with E-state index in [1.165, 1.54) is 6.33 Å². The molecule has 0 saturated carbocycles. The number of nitrogens with one attached hydrogen (secondary N) is 1. The minimum Gasteiger partial charge on any atom is -0.480 e. The van der Waals surface area contributed by atoms with Gasteiger partial charge in [-0.1, -0.05) is 0 Å². The Hall–Kier alpha value is -1.67. The zero-order chi connectivity index (χ0) is 12.0. The minimum absolute atomic E-state index is 0.190. The van der Waals surface area contributed by atoms with Crippen molar-refractivity contribution in [2.75, 3.05) is 5.75 Å². The van der Waals surface area contributed by atoms with Gasteiger partial charge in [0.05, 0.1) is 12.5 Å². The van der Waals surface area contributed by atoms with Crippen LogP contribution in [0.4, 0.5) is 0 Å². The molecule has 2 rings (SSSR count). The number of imidazole rings is 1. The van der Waals surface area contributed by atoms with Crippen molar-refractivity contribution in [3.8, 4) is 0 Å². The van der Waals surface area contributed by atoms with Gasteiger partial charge in [-0.15, -0.1) is 0 Å². The maximum Gasteiger partial charge on any atom is 0.321 e. The molecule has 0 aliphatic carbocycles. The van der Waals surface area contributed by atoms with E-state index in [0.717, 1.165) is 5.52 Å². The number of carbonyl (C=O) groups is 1. The molecule has 0 aliphatic rings. The summed E-state index contributed by atoms with van der Waals surface area (Å²) in [4.78, 5) is 24.2. The zero-order valence-corrected chi connectivity index (χ0v) is 9.13. The molecular formula is C8H11N5O2S. The number of H-pyrrole nitrogens is 1. The molecule has 0 aromatic carbocycles. The van der Waals surface area contributed by atoms with Crippen LogP contribution in [0, 0.1) is 0 Å². The molecular weight excluding hydrogens is 230 g/mol. The van der Waals surface area contributed by atoms with Gasteiger partial charge in [-0.2, -0.15) is 12.6 Å². The van der Waals surface area contributed by atoms with Crippen molar-refractivity contribution in [3.63, 3.8) is 0 Å². The van der Waals surface area contributed by atoms with Gasteiger partial charge in [0.2, 0.25) is 0 Å². The SMILES string of the molecule is N[C@@H](CS)C(=O)O.c1ncc2[nH]cnc2n1. The Labute approximate surface area is 96.5 Å². The Balaban J connectivity index is 0.000000168. The second-order valence-corrected chi connectivity index (χ2v) is 3.16. The van der Waals surface area contributed by atoms with Gasteiger partial charge >= 0.3 is 5.97 Å². The Morgan fingerprint density at radius 2 is 2.38 bits per heavy atom. The molecule has 0 amide bonds. The molecule has 2 aromatic heterocycles. The molecule has 0 aliphatic heterocycles. The van der Waals surface area contributed by atoms with E-state index in [0.29, 0.717) is 5.65 Å². The first-order valence-corrected chi connectivity index (χ1v) is 4.96. The molecule has 0 bridgehead atoms. The summed E-state index contributed by atoms with van der Waals surface area (Å²) in [7, 11) is 0. The van der Waals surface area contributed by atoms with Crippen molar-refractivity contribution >= 4 is 29.8 Å². The predicted octanol–water partition coefficient (Wildman–Crippen LogP) is -0.319. The largest absolute Gasteiger partial charge is 0.480 e. The predicted molar refractivity (Wildman–Crippen MR) is 61.1 cm³/mol. The summed E-state index contributed by atoms with van der Waals surface area (Å²) in [6, 6.07) is -0.816. The van der Waals surface area contributed by atoms with E-state index >= 15 is 0 Å². The van der Waals surface area contributed by atoms with Gasteiger partial charge in [0.1, 0.15) is 17.9 Å². The Morgan fingerprint density at radius 1 is 1.62 bits per heavy atom. The number of fused-ring (bicyclic) bond motifs is 1. The topological polar surface area (TPSA) is 118 Å². The van der Waals surface area contributed by atoms with E-state index in [9.17, 15) is 4.79 Å². The number of carboxylic acids is 1. The van der Waals surface area contributed by atoms with Crippen LogP contribution in [0.5, 0.6) is 0 Å². The van der Waals surface area contributed by atoms with E-state index in [-0.39, 0.29) is 5.75 Å². The molecule has 0 fully saturated rings. The van der Waals surface area contributed by atoms with Crippen molar-refractivity contribution in [3.05, 3.63) is 18.9 Å². The summed E-state index contributed by atoms with van der Waals surface area (Å²) in [5.41, 5.74) is 6.53. The van der Waals surface area contributed by atoms with E-state index in [4.69, 9.17) is 10.8 Å². The van der Waals surface area contributed by atoms with Crippen LogP contribution in [0.15, 0.2) is 18.9 Å². The second kappa shape index (κ2) is 6.03. The second-order valence-electron chi connectivity index (χ2n) is 2.79. The maximum atomic E-state index is 9.76. The molecule has 2 heterocycles. The fourth-order valence-electron chi connectivity index (χ4n) is 0.769. The van der Waals surface area contributed by atoms with Gasteiger partial charge < -0.3 is 15.8 Å². The standard InChI is InChI=1S/C5H4N4.C3H7NO2S/c1-4-5(8-2-6-1)9-3-7-4;4-2(1-7)3(5)6/h1-3H,(H,6,7,8,9);2,7H,1,4H2,(H,5,6)/t;2-/m.0/s1. The number of thiol groups is 1. The van der Waals surface area contributed by atoms with Gasteiger partial charge in [-0.3, -0.25) is 4.79 Å². The van der Waals surface area contributed by atoms with Gasteiger partial charge in [0.25, 0.3) is 0 Å². The molecule has 86 valence electrons. The minimum atomic E-state index is -1.00. The van der Waals surface area contributed by atoms with Crippen LogP contribution in [-0.4, -0.2) is 42.8 Å². The number of hydrogen-bond donors (Lipinski definition) is 4. The lowest BCUT2D eigenvalue weighted by Crippen LogP contribution is -2.31. The Morgan fingerprint density at radius 3 is 2.88 bits per heavy atom. The first-order chi connectivity index (χ1) is 7.65. The molecule has 0 unspecified atom stereocenters. The first kappa shape index (κ1) is 12.4. The van der Waals surface area contributed by atoms with Gasteiger partial charge in [-0.05, 0) is 0 Å². The summed E-state index contributed by atoms with van der Waals surface area (Å²) >= 11 is 3.65. The van der Waals surface area contributed by atoms with Crippen molar-refractivity contribution in [1.29, 1.82) is 0 Å². The molecule has 16 heavy (non-hydrogen) atoms. The third kappa shape index (κ3) is 3.48. The number of aliphatic carboxylic acids is 1. The van der Waals surface area contributed by atoms with E-state index in [1.807, 2.05) is 0 Å². The third-order valence-corrected chi connectivity index (χ3v) is 2.01. The molecule has 0 radical (unpaired) electrons. The highest BCUT2D eigenvalue weighted by Crippen LogP contribution is 1.99. The van der Waals surface area contributed by atoms with Crippen molar-refractivity contribution < 1.29 is 9.90 Å². The highest BCUT2D eigenvalue weighted by Gasteiger charge is 2.06. The summed E-state index contributed by atoms with van der Waals surface area (Å²) in [5, 5.41) is 8.01. The summed E-state index contributed by atoms with van der Waals surface area (Å²) < 4.78 is 0. The maximum absolute atomic E-state index is 9.76. The summed E-state index contributed by atoms with van der Waals surface area (Å²) in [5.74, 6) is -0.815. The number of hydrogen-bond acceptors (Lipinski definition) is 6. The number of nitrogens with two attached hydrogens (primary N) is 1. The van der Waals surface area contributed by atoms with Crippen molar-refractivity contribution in [2.45, 2.75) is 6.04 Å². The molecule has 4 N–H and O–H groups in total. The van der Waals surface area contributed by atoms with Crippen LogP contribution >= 0.6 is 12.6 Å². The van der Waals surface area contributed by atoms with Crippen LogP contribution in [0.1, 0.15) is 0 Å². The van der Waals surface area contributed by atoms with Crippen LogP contribution < -0.4 is 5.73 Å². The van der Waals surface area contributed by atoms with Crippen LogP contribution in [0.2, 0.25) is 0 Å². The Kier molecular flexibility index (Phi) is 4.67. The highest BCUT2D eigenvalue weighted by molar-refractivity contribution is 7.80. The van der Waals surface area contributed by atoms with Crippen molar-refractivity contribution in [1.82, 2.24) is 19.9 Å². The normalized spacial score (nSPS) is 11.6. The van der Waals surface area contributed by atoms with Gasteiger partial charge in [-0.25, -0.2) is 15.0 Å². The molecule has 0 saturated heterocycles. The average molecular weight is 241 g/mol. The number of aromatic amines is 1. The van der Waals surface area contributed by atoms with E-state index in [2.05, 4.69) is 32.6 Å². The Bertz CT molecular complexity index is 430. The van der Waals surface area contributed by atoms with E-state index < -0.39 is 12.0 Å². The van der Waals surface area contributed by atoms with Gasteiger partial charge in [0, 0.05) is 5.75 Å². The molecule has 2 aromatic rings. The third-order valence-electron chi connectivity index (χ3n) is 1.61. The fraction of sp³-hybridized carbons (Fsp3) is 0.250. The molecule has 0 spiro atoms. The monoisotopic (exact) mass is 241 g/mol. The number of aromatic nitrogens is 4. The summed E-state index contributed by atoms with van der Waals surface area (Å²) in [6.45, 7) is 0. The molecule has 8 heteroatoms. The van der Waals surface area contributed by atoms with Crippen LogP contribution in [0.3, 0.4) is 0 Å².